The molecule has 0 aliphatic rings. The second kappa shape index (κ2) is 8.26. The van der Waals surface area contributed by atoms with Crippen molar-refractivity contribution >= 4 is 27.5 Å². The van der Waals surface area contributed by atoms with Crippen LogP contribution < -0.4 is 10.1 Å². The standard InChI is InChI=1S/C18H13BrF3N3O2/c19-12-3-6-16(27-18(21)22)15(7-12)17(26)24-14-8-23-25(10-14)9-11-1-4-13(20)5-2-11/h1-8,10,18H,9H2,(H,24,26). The highest BCUT2D eigenvalue weighted by Crippen LogP contribution is 2.25. The Morgan fingerprint density at radius 2 is 1.96 bits per heavy atom. The minimum Gasteiger partial charge on any atom is -0.434 e. The average Bonchev–Trinajstić information content (AvgIpc) is 3.05. The smallest absolute Gasteiger partial charge is 0.387 e. The first kappa shape index (κ1) is 19.0. The second-order valence-electron chi connectivity index (χ2n) is 5.53. The number of carbonyl (C=O) groups is 1. The third-order valence-corrected chi connectivity index (χ3v) is 4.04. The van der Waals surface area contributed by atoms with E-state index in [2.05, 4.69) is 31.1 Å². The maximum absolute atomic E-state index is 12.9. The third-order valence-electron chi connectivity index (χ3n) is 3.55. The van der Waals surface area contributed by atoms with Gasteiger partial charge in [0.25, 0.3) is 5.91 Å². The molecule has 0 unspecified atom stereocenters. The Morgan fingerprint density at radius 1 is 1.22 bits per heavy atom. The number of aromatic nitrogens is 2. The van der Waals surface area contributed by atoms with Crippen LogP contribution in [0.4, 0.5) is 18.9 Å². The quantitative estimate of drug-likeness (QED) is 0.606. The molecule has 2 aromatic carbocycles. The third kappa shape index (κ3) is 5.10. The molecule has 0 bridgehead atoms. The van der Waals surface area contributed by atoms with Crippen LogP contribution in [-0.2, 0) is 6.54 Å². The van der Waals surface area contributed by atoms with Crippen molar-refractivity contribution in [2.45, 2.75) is 13.2 Å². The minimum absolute atomic E-state index is 0.0454. The molecule has 3 aromatic rings. The van der Waals surface area contributed by atoms with Crippen molar-refractivity contribution < 1.29 is 22.7 Å². The summed E-state index contributed by atoms with van der Waals surface area (Å²) in [7, 11) is 0. The van der Waals surface area contributed by atoms with Gasteiger partial charge >= 0.3 is 6.61 Å². The Kier molecular flexibility index (Phi) is 5.80. The first-order chi connectivity index (χ1) is 12.9. The molecule has 27 heavy (non-hydrogen) atoms. The molecule has 0 fully saturated rings. The molecule has 0 atom stereocenters. The lowest BCUT2D eigenvalue weighted by Gasteiger charge is -2.10. The number of hydrogen-bond donors (Lipinski definition) is 1. The lowest BCUT2D eigenvalue weighted by atomic mass is 10.2. The predicted octanol–water partition coefficient (Wildman–Crippen LogP) is 4.69. The Bertz CT molecular complexity index is 945. The van der Waals surface area contributed by atoms with Crippen LogP contribution in [-0.4, -0.2) is 22.3 Å². The summed E-state index contributed by atoms with van der Waals surface area (Å²) in [6.45, 7) is -2.66. The lowest BCUT2D eigenvalue weighted by Crippen LogP contribution is -2.15. The van der Waals surface area contributed by atoms with Crippen LogP contribution in [0.1, 0.15) is 15.9 Å². The van der Waals surface area contributed by atoms with E-state index >= 15 is 0 Å². The molecule has 1 aromatic heterocycles. The van der Waals surface area contributed by atoms with E-state index in [0.717, 1.165) is 5.56 Å². The number of ether oxygens (including phenoxy) is 1. The van der Waals surface area contributed by atoms with E-state index in [9.17, 15) is 18.0 Å². The number of anilines is 1. The zero-order valence-corrected chi connectivity index (χ0v) is 15.3. The van der Waals surface area contributed by atoms with Crippen molar-refractivity contribution in [3.8, 4) is 5.75 Å². The van der Waals surface area contributed by atoms with E-state index in [1.165, 1.54) is 36.5 Å². The van der Waals surface area contributed by atoms with Crippen molar-refractivity contribution in [1.29, 1.82) is 0 Å². The fourth-order valence-electron chi connectivity index (χ4n) is 2.37. The fraction of sp³-hybridized carbons (Fsp3) is 0.111. The van der Waals surface area contributed by atoms with Crippen molar-refractivity contribution in [3.05, 3.63) is 76.3 Å². The number of halogens is 4. The van der Waals surface area contributed by atoms with Gasteiger partial charge in [0.05, 0.1) is 24.0 Å². The van der Waals surface area contributed by atoms with Crippen molar-refractivity contribution in [2.24, 2.45) is 0 Å². The Morgan fingerprint density at radius 3 is 2.67 bits per heavy atom. The zero-order valence-electron chi connectivity index (χ0n) is 13.7. The summed E-state index contributed by atoms with van der Waals surface area (Å²) in [5.74, 6) is -1.18. The maximum Gasteiger partial charge on any atom is 0.387 e. The van der Waals surface area contributed by atoms with Gasteiger partial charge in [-0.25, -0.2) is 4.39 Å². The number of benzene rings is 2. The molecule has 0 saturated heterocycles. The summed E-state index contributed by atoms with van der Waals surface area (Å²) in [6, 6.07) is 10.1. The van der Waals surface area contributed by atoms with Gasteiger partial charge in [-0.15, -0.1) is 0 Å². The topological polar surface area (TPSA) is 56.2 Å². The normalized spacial score (nSPS) is 10.9. The summed E-state index contributed by atoms with van der Waals surface area (Å²) in [5, 5.41) is 6.70. The second-order valence-corrected chi connectivity index (χ2v) is 6.44. The van der Waals surface area contributed by atoms with Crippen LogP contribution in [0, 0.1) is 5.82 Å². The number of amides is 1. The molecular formula is C18H13BrF3N3O2. The average molecular weight is 440 g/mol. The molecule has 0 radical (unpaired) electrons. The molecule has 0 aliphatic heterocycles. The lowest BCUT2D eigenvalue weighted by molar-refractivity contribution is -0.0501. The molecular weight excluding hydrogens is 427 g/mol. The molecule has 9 heteroatoms. The summed E-state index contributed by atoms with van der Waals surface area (Å²) < 4.78 is 44.5. The molecule has 5 nitrogen and oxygen atoms in total. The highest BCUT2D eigenvalue weighted by atomic mass is 79.9. The van der Waals surface area contributed by atoms with Crippen LogP contribution in [0.5, 0.6) is 5.75 Å². The highest BCUT2D eigenvalue weighted by molar-refractivity contribution is 9.10. The number of rotatable bonds is 6. The number of carbonyl (C=O) groups excluding carboxylic acids is 1. The van der Waals surface area contributed by atoms with E-state index in [4.69, 9.17) is 0 Å². The van der Waals surface area contributed by atoms with Crippen LogP contribution in [0.3, 0.4) is 0 Å². The maximum atomic E-state index is 12.9. The van der Waals surface area contributed by atoms with Crippen LogP contribution in [0.15, 0.2) is 59.3 Å². The molecule has 3 rings (SSSR count). The molecule has 1 heterocycles. The van der Waals surface area contributed by atoms with Gasteiger partial charge < -0.3 is 10.1 Å². The van der Waals surface area contributed by atoms with Crippen LogP contribution in [0.25, 0.3) is 0 Å². The highest BCUT2D eigenvalue weighted by Gasteiger charge is 2.17. The van der Waals surface area contributed by atoms with Crippen molar-refractivity contribution in [1.82, 2.24) is 9.78 Å². The summed E-state index contributed by atoms with van der Waals surface area (Å²) in [4.78, 5) is 12.4. The Balaban J connectivity index is 1.72. The molecule has 140 valence electrons. The molecule has 0 spiro atoms. The predicted molar refractivity (Wildman–Crippen MR) is 96.5 cm³/mol. The van der Waals surface area contributed by atoms with Gasteiger partial charge in [0.1, 0.15) is 11.6 Å². The van der Waals surface area contributed by atoms with E-state index in [1.54, 1.807) is 23.0 Å². The van der Waals surface area contributed by atoms with Crippen molar-refractivity contribution in [2.75, 3.05) is 5.32 Å². The van der Waals surface area contributed by atoms with E-state index < -0.39 is 12.5 Å². The minimum atomic E-state index is -3.05. The summed E-state index contributed by atoms with van der Waals surface area (Å²) in [6.07, 6.45) is 3.00. The Labute approximate surface area is 160 Å². The molecule has 0 saturated carbocycles. The zero-order chi connectivity index (χ0) is 19.4. The largest absolute Gasteiger partial charge is 0.434 e. The van der Waals surface area contributed by atoms with Gasteiger partial charge in [-0.3, -0.25) is 9.48 Å². The number of nitrogens with zero attached hydrogens (tertiary/aromatic N) is 2. The summed E-state index contributed by atoms with van der Waals surface area (Å²) >= 11 is 3.20. The van der Waals surface area contributed by atoms with E-state index in [-0.39, 0.29) is 17.1 Å². The fourth-order valence-corrected chi connectivity index (χ4v) is 2.73. The first-order valence-corrected chi connectivity index (χ1v) is 8.52. The molecule has 0 aliphatic carbocycles. The number of alkyl halides is 2. The molecule has 1 amide bonds. The monoisotopic (exact) mass is 439 g/mol. The van der Waals surface area contributed by atoms with Gasteiger partial charge in [0.2, 0.25) is 0 Å². The van der Waals surface area contributed by atoms with Gasteiger partial charge in [0.15, 0.2) is 0 Å². The Hall–Kier alpha value is -2.81. The van der Waals surface area contributed by atoms with Gasteiger partial charge in [-0.1, -0.05) is 28.1 Å². The van der Waals surface area contributed by atoms with Crippen molar-refractivity contribution in [3.63, 3.8) is 0 Å². The summed E-state index contributed by atoms with van der Waals surface area (Å²) in [5.41, 5.74) is 1.16. The van der Waals surface area contributed by atoms with Crippen LogP contribution in [0.2, 0.25) is 0 Å². The van der Waals surface area contributed by atoms with Gasteiger partial charge in [0, 0.05) is 10.7 Å². The SMILES string of the molecule is O=C(Nc1cnn(Cc2ccc(F)cc2)c1)c1cc(Br)ccc1OC(F)F. The van der Waals surface area contributed by atoms with Gasteiger partial charge in [-0.2, -0.15) is 13.9 Å². The van der Waals surface area contributed by atoms with Crippen LogP contribution >= 0.6 is 15.9 Å². The molecule has 1 N–H and O–H groups in total. The van der Waals surface area contributed by atoms with E-state index in [0.29, 0.717) is 16.7 Å². The van der Waals surface area contributed by atoms with Gasteiger partial charge in [-0.05, 0) is 35.9 Å². The number of nitrogens with one attached hydrogen (secondary N) is 1. The first-order valence-electron chi connectivity index (χ1n) is 7.73. The van der Waals surface area contributed by atoms with E-state index in [1.807, 2.05) is 0 Å². The number of hydrogen-bond acceptors (Lipinski definition) is 3.